The van der Waals surface area contributed by atoms with Crippen LogP contribution >= 0.6 is 23.2 Å². The monoisotopic (exact) mass is 434 g/mol. The number of halogens is 2. The molecule has 2 aromatic carbocycles. The van der Waals surface area contributed by atoms with Crippen LogP contribution in [-0.2, 0) is 23.5 Å². The van der Waals surface area contributed by atoms with Crippen LogP contribution in [0.2, 0.25) is 10.0 Å². The molecule has 0 saturated carbocycles. The second-order valence-electron chi connectivity index (χ2n) is 6.86. The number of nitrogens with zero attached hydrogens (tertiary/aromatic N) is 3. The Morgan fingerprint density at radius 1 is 1.21 bits per heavy atom. The van der Waals surface area contributed by atoms with Crippen LogP contribution < -0.4 is 5.32 Å². The Labute approximate surface area is 180 Å². The predicted molar refractivity (Wildman–Crippen MR) is 114 cm³/mol. The first-order chi connectivity index (χ1) is 14.0. The van der Waals surface area contributed by atoms with Crippen molar-refractivity contribution in [2.45, 2.75) is 31.7 Å². The van der Waals surface area contributed by atoms with Crippen molar-refractivity contribution in [3.8, 4) is 0 Å². The molecule has 0 aliphatic rings. The Morgan fingerprint density at radius 2 is 2.00 bits per heavy atom. The Balaban J connectivity index is 1.65. The van der Waals surface area contributed by atoms with Crippen LogP contribution in [0.15, 0.2) is 61.2 Å². The Hall–Kier alpha value is -1.96. The third-order valence-electron chi connectivity index (χ3n) is 4.79. The average Bonchev–Trinajstić information content (AvgIpc) is 3.21. The average molecular weight is 435 g/mol. The van der Waals surface area contributed by atoms with Gasteiger partial charge in [0.25, 0.3) is 0 Å². The molecule has 2 N–H and O–H groups in total. The van der Waals surface area contributed by atoms with Crippen molar-refractivity contribution in [3.05, 3.63) is 82.4 Å². The van der Waals surface area contributed by atoms with Crippen LogP contribution in [0, 0.1) is 0 Å². The normalized spacial score (nSPS) is 14.5. The van der Waals surface area contributed by atoms with Gasteiger partial charge < -0.3 is 15.2 Å². The molecule has 0 spiro atoms. The molecule has 1 aromatic heterocycles. The molecule has 0 radical (unpaired) electrons. The molecule has 3 rings (SSSR count). The second kappa shape index (κ2) is 10.2. The minimum Gasteiger partial charge on any atom is -0.382 e. The molecule has 0 amide bonds. The number of ether oxygens (including phenoxy) is 1. The number of rotatable bonds is 10. The zero-order valence-electron chi connectivity index (χ0n) is 16.1. The first-order valence-corrected chi connectivity index (χ1v) is 10.1. The summed E-state index contributed by atoms with van der Waals surface area (Å²) in [6.07, 6.45) is 2.99. The van der Waals surface area contributed by atoms with Crippen LogP contribution in [0.1, 0.15) is 18.1 Å². The number of nitrogens with one attached hydrogen (secondary N) is 1. The SMILES string of the molecule is CC(NCCOCc1ccccc1)C(O)(Cn1cncn1)c1ccc(Cl)cc1Cl. The third-order valence-corrected chi connectivity index (χ3v) is 5.34. The highest BCUT2D eigenvalue weighted by atomic mass is 35.5. The fourth-order valence-electron chi connectivity index (χ4n) is 3.14. The Kier molecular flexibility index (Phi) is 7.64. The maximum atomic E-state index is 11.6. The molecule has 0 saturated heterocycles. The molecule has 29 heavy (non-hydrogen) atoms. The first kappa shape index (κ1) is 21.7. The van der Waals surface area contributed by atoms with E-state index in [9.17, 15) is 5.11 Å². The van der Waals surface area contributed by atoms with E-state index >= 15 is 0 Å². The maximum absolute atomic E-state index is 11.6. The van der Waals surface area contributed by atoms with Gasteiger partial charge in [-0.1, -0.05) is 59.6 Å². The van der Waals surface area contributed by atoms with Crippen molar-refractivity contribution in [1.29, 1.82) is 0 Å². The standard InChI is InChI=1S/C21H24Cl2N4O2/c1-16(25-9-10-29-12-17-5-3-2-4-6-17)21(28,13-27-15-24-14-26-27)19-8-7-18(22)11-20(19)23/h2-8,11,14-16,25,28H,9-10,12-13H2,1H3. The summed E-state index contributed by atoms with van der Waals surface area (Å²) in [7, 11) is 0. The van der Waals surface area contributed by atoms with Gasteiger partial charge >= 0.3 is 0 Å². The largest absolute Gasteiger partial charge is 0.382 e. The topological polar surface area (TPSA) is 72.2 Å². The van der Waals surface area contributed by atoms with E-state index in [-0.39, 0.29) is 12.6 Å². The molecule has 2 unspecified atom stereocenters. The number of benzene rings is 2. The predicted octanol–water partition coefficient (Wildman–Crippen LogP) is 3.67. The lowest BCUT2D eigenvalue weighted by molar-refractivity contribution is -0.0191. The Bertz CT molecular complexity index is 893. The lowest BCUT2D eigenvalue weighted by Crippen LogP contribution is -2.50. The lowest BCUT2D eigenvalue weighted by atomic mass is 9.86. The molecule has 0 fully saturated rings. The summed E-state index contributed by atoms with van der Waals surface area (Å²) in [5.74, 6) is 0. The quantitative estimate of drug-likeness (QED) is 0.476. The van der Waals surface area contributed by atoms with Crippen molar-refractivity contribution in [2.24, 2.45) is 0 Å². The minimum atomic E-state index is -1.32. The summed E-state index contributed by atoms with van der Waals surface area (Å²) in [5, 5.41) is 20.0. The summed E-state index contributed by atoms with van der Waals surface area (Å²) >= 11 is 12.4. The van der Waals surface area contributed by atoms with E-state index in [1.54, 1.807) is 29.2 Å². The molecule has 0 aliphatic heterocycles. The van der Waals surface area contributed by atoms with E-state index in [0.29, 0.717) is 35.4 Å². The van der Waals surface area contributed by atoms with E-state index in [4.69, 9.17) is 27.9 Å². The van der Waals surface area contributed by atoms with Crippen LogP contribution in [0.5, 0.6) is 0 Å². The first-order valence-electron chi connectivity index (χ1n) is 9.34. The van der Waals surface area contributed by atoms with E-state index in [2.05, 4.69) is 15.4 Å². The molecule has 6 nitrogen and oxygen atoms in total. The van der Waals surface area contributed by atoms with Gasteiger partial charge in [0.05, 0.1) is 19.8 Å². The van der Waals surface area contributed by atoms with Crippen molar-refractivity contribution in [3.63, 3.8) is 0 Å². The molecule has 3 aromatic rings. The zero-order valence-corrected chi connectivity index (χ0v) is 17.6. The van der Waals surface area contributed by atoms with Crippen molar-refractivity contribution in [1.82, 2.24) is 20.1 Å². The molecular formula is C21H24Cl2N4O2. The van der Waals surface area contributed by atoms with Gasteiger partial charge in [0.2, 0.25) is 0 Å². The second-order valence-corrected chi connectivity index (χ2v) is 7.70. The molecule has 0 aliphatic carbocycles. The highest BCUT2D eigenvalue weighted by Gasteiger charge is 2.38. The highest BCUT2D eigenvalue weighted by molar-refractivity contribution is 6.35. The van der Waals surface area contributed by atoms with E-state index in [0.717, 1.165) is 5.56 Å². The number of aliphatic hydroxyl groups is 1. The van der Waals surface area contributed by atoms with Gasteiger partial charge in [0, 0.05) is 28.2 Å². The van der Waals surface area contributed by atoms with Crippen LogP contribution in [-0.4, -0.2) is 39.1 Å². The van der Waals surface area contributed by atoms with Gasteiger partial charge in [-0.3, -0.25) is 0 Å². The number of aromatic nitrogens is 3. The molecule has 154 valence electrons. The van der Waals surface area contributed by atoms with Crippen molar-refractivity contribution in [2.75, 3.05) is 13.2 Å². The molecule has 0 bridgehead atoms. The van der Waals surface area contributed by atoms with Gasteiger partial charge in [-0.15, -0.1) is 0 Å². The summed E-state index contributed by atoms with van der Waals surface area (Å²) in [6.45, 7) is 3.71. The minimum absolute atomic E-state index is 0.188. The summed E-state index contributed by atoms with van der Waals surface area (Å²) in [6, 6.07) is 14.7. The van der Waals surface area contributed by atoms with Crippen molar-refractivity contribution >= 4 is 23.2 Å². The lowest BCUT2D eigenvalue weighted by Gasteiger charge is -2.35. The molecule has 2 atom stereocenters. The number of hydrogen-bond donors (Lipinski definition) is 2. The Morgan fingerprint density at radius 3 is 2.69 bits per heavy atom. The van der Waals surface area contributed by atoms with Crippen LogP contribution in [0.4, 0.5) is 0 Å². The summed E-state index contributed by atoms with van der Waals surface area (Å²) in [5.41, 5.74) is 0.370. The number of hydrogen-bond acceptors (Lipinski definition) is 5. The van der Waals surface area contributed by atoms with Gasteiger partial charge in [0.15, 0.2) is 0 Å². The van der Waals surface area contributed by atoms with Crippen LogP contribution in [0.3, 0.4) is 0 Å². The van der Waals surface area contributed by atoms with E-state index in [1.807, 2.05) is 37.3 Å². The summed E-state index contributed by atoms with van der Waals surface area (Å²) in [4.78, 5) is 3.96. The van der Waals surface area contributed by atoms with E-state index < -0.39 is 5.60 Å². The smallest absolute Gasteiger partial charge is 0.137 e. The van der Waals surface area contributed by atoms with Gasteiger partial charge in [0.1, 0.15) is 18.3 Å². The highest BCUT2D eigenvalue weighted by Crippen LogP contribution is 2.34. The molecule has 8 heteroatoms. The third kappa shape index (κ3) is 5.78. The van der Waals surface area contributed by atoms with Crippen LogP contribution in [0.25, 0.3) is 0 Å². The maximum Gasteiger partial charge on any atom is 0.137 e. The molecule has 1 heterocycles. The van der Waals surface area contributed by atoms with Gasteiger partial charge in [-0.05, 0) is 24.6 Å². The molecular weight excluding hydrogens is 411 g/mol. The fraction of sp³-hybridized carbons (Fsp3) is 0.333. The van der Waals surface area contributed by atoms with Gasteiger partial charge in [-0.2, -0.15) is 5.10 Å². The fourth-order valence-corrected chi connectivity index (χ4v) is 3.71. The van der Waals surface area contributed by atoms with E-state index in [1.165, 1.54) is 6.33 Å². The van der Waals surface area contributed by atoms with Gasteiger partial charge in [-0.25, -0.2) is 9.67 Å². The summed E-state index contributed by atoms with van der Waals surface area (Å²) < 4.78 is 7.30. The zero-order chi connectivity index (χ0) is 20.7. The van der Waals surface area contributed by atoms with Crippen molar-refractivity contribution < 1.29 is 9.84 Å².